The van der Waals surface area contributed by atoms with Crippen LogP contribution in [0.4, 0.5) is 13.2 Å². The van der Waals surface area contributed by atoms with Crippen molar-refractivity contribution >= 4 is 0 Å². The van der Waals surface area contributed by atoms with Gasteiger partial charge in [0, 0.05) is 12.6 Å². The molecule has 102 valence electrons. The molecule has 1 aliphatic carbocycles. The van der Waals surface area contributed by atoms with Crippen LogP contribution in [0.3, 0.4) is 0 Å². The van der Waals surface area contributed by atoms with E-state index in [-0.39, 0.29) is 6.61 Å². The summed E-state index contributed by atoms with van der Waals surface area (Å²) in [5.41, 5.74) is 0. The van der Waals surface area contributed by atoms with Crippen LogP contribution < -0.4 is 5.32 Å². The van der Waals surface area contributed by atoms with E-state index in [4.69, 9.17) is 0 Å². The minimum absolute atomic E-state index is 0.122. The van der Waals surface area contributed by atoms with Gasteiger partial charge in [0.25, 0.3) is 0 Å². The van der Waals surface area contributed by atoms with Crippen LogP contribution in [0.15, 0.2) is 0 Å². The van der Waals surface area contributed by atoms with Crippen LogP contribution >= 0.6 is 0 Å². The Labute approximate surface area is 101 Å². The summed E-state index contributed by atoms with van der Waals surface area (Å²) >= 11 is 0. The van der Waals surface area contributed by atoms with E-state index in [0.717, 1.165) is 0 Å². The molecule has 1 saturated carbocycles. The maximum Gasteiger partial charge on any atom is 0.411 e. The van der Waals surface area contributed by atoms with Gasteiger partial charge in [0.05, 0.1) is 6.61 Å². The number of hydrogen-bond acceptors (Lipinski definition) is 2. The number of alkyl halides is 3. The molecule has 0 bridgehead atoms. The Hall–Kier alpha value is -0.290. The Morgan fingerprint density at radius 3 is 2.47 bits per heavy atom. The van der Waals surface area contributed by atoms with E-state index < -0.39 is 12.8 Å². The number of nitrogens with one attached hydrogen (secondary N) is 1. The highest BCUT2D eigenvalue weighted by molar-refractivity contribution is 4.75. The minimum Gasteiger partial charge on any atom is -0.371 e. The molecule has 0 aliphatic heterocycles. The second kappa shape index (κ2) is 7.21. The van der Waals surface area contributed by atoms with Gasteiger partial charge in [0.15, 0.2) is 0 Å². The van der Waals surface area contributed by atoms with E-state index in [1.165, 1.54) is 32.1 Å². The van der Waals surface area contributed by atoms with Gasteiger partial charge in [-0.25, -0.2) is 0 Å². The second-order valence-electron chi connectivity index (χ2n) is 4.81. The molecule has 0 spiro atoms. The molecule has 0 saturated heterocycles. The van der Waals surface area contributed by atoms with E-state index in [1.807, 2.05) is 0 Å². The molecular weight excluding hydrogens is 231 g/mol. The van der Waals surface area contributed by atoms with Crippen LogP contribution in [-0.4, -0.2) is 32.0 Å². The molecule has 0 unspecified atom stereocenters. The first-order valence-corrected chi connectivity index (χ1v) is 6.37. The fourth-order valence-electron chi connectivity index (χ4n) is 2.35. The highest BCUT2D eigenvalue weighted by Gasteiger charge is 2.27. The normalized spacial score (nSPS) is 20.5. The Bertz CT molecular complexity index is 202. The summed E-state index contributed by atoms with van der Waals surface area (Å²) in [7, 11) is 0. The SMILES string of the molecule is C[C@H](NCCOCC(F)(F)F)C1CCCCC1. The quantitative estimate of drug-likeness (QED) is 0.734. The van der Waals surface area contributed by atoms with Crippen LogP contribution in [0.2, 0.25) is 0 Å². The predicted molar refractivity (Wildman–Crippen MR) is 60.9 cm³/mol. The standard InChI is InChI=1S/C12H22F3NO/c1-10(11-5-3-2-4-6-11)16-7-8-17-9-12(13,14)15/h10-11,16H,2-9H2,1H3/t10-/m0/s1. The topological polar surface area (TPSA) is 21.3 Å². The van der Waals surface area contributed by atoms with Crippen molar-refractivity contribution < 1.29 is 17.9 Å². The lowest BCUT2D eigenvalue weighted by molar-refractivity contribution is -0.173. The van der Waals surface area contributed by atoms with E-state index in [1.54, 1.807) is 0 Å². The number of halogens is 3. The summed E-state index contributed by atoms with van der Waals surface area (Å²) in [5, 5.41) is 3.25. The van der Waals surface area contributed by atoms with Crippen molar-refractivity contribution in [1.82, 2.24) is 5.32 Å². The zero-order chi connectivity index (χ0) is 12.7. The molecule has 0 heterocycles. The van der Waals surface area contributed by atoms with Gasteiger partial charge >= 0.3 is 6.18 Å². The minimum atomic E-state index is -4.21. The van der Waals surface area contributed by atoms with E-state index >= 15 is 0 Å². The van der Waals surface area contributed by atoms with Gasteiger partial charge in [-0.1, -0.05) is 19.3 Å². The maximum absolute atomic E-state index is 11.8. The molecular formula is C12H22F3NO. The van der Waals surface area contributed by atoms with Crippen LogP contribution in [0.25, 0.3) is 0 Å². The van der Waals surface area contributed by atoms with Gasteiger partial charge in [-0.05, 0) is 25.7 Å². The molecule has 2 nitrogen and oxygen atoms in total. The van der Waals surface area contributed by atoms with Crippen LogP contribution in [-0.2, 0) is 4.74 Å². The van der Waals surface area contributed by atoms with Crippen molar-refractivity contribution in [3.05, 3.63) is 0 Å². The highest BCUT2D eigenvalue weighted by atomic mass is 19.4. The highest BCUT2D eigenvalue weighted by Crippen LogP contribution is 2.26. The molecule has 0 aromatic carbocycles. The average molecular weight is 253 g/mol. The zero-order valence-electron chi connectivity index (χ0n) is 10.4. The van der Waals surface area contributed by atoms with Gasteiger partial charge in [-0.2, -0.15) is 13.2 Å². The van der Waals surface area contributed by atoms with Crippen molar-refractivity contribution in [2.75, 3.05) is 19.8 Å². The smallest absolute Gasteiger partial charge is 0.371 e. The molecule has 1 aliphatic rings. The first-order chi connectivity index (χ1) is 7.99. The van der Waals surface area contributed by atoms with Gasteiger partial charge in [0.2, 0.25) is 0 Å². The molecule has 17 heavy (non-hydrogen) atoms. The molecule has 0 aromatic rings. The molecule has 1 fully saturated rings. The second-order valence-corrected chi connectivity index (χ2v) is 4.81. The van der Waals surface area contributed by atoms with Crippen molar-refractivity contribution in [3.8, 4) is 0 Å². The Kier molecular flexibility index (Phi) is 6.27. The zero-order valence-corrected chi connectivity index (χ0v) is 10.4. The fourth-order valence-corrected chi connectivity index (χ4v) is 2.35. The van der Waals surface area contributed by atoms with Crippen LogP contribution in [0.1, 0.15) is 39.0 Å². The van der Waals surface area contributed by atoms with Gasteiger partial charge in [-0.3, -0.25) is 0 Å². The third-order valence-electron chi connectivity index (χ3n) is 3.34. The van der Waals surface area contributed by atoms with E-state index in [9.17, 15) is 13.2 Å². The van der Waals surface area contributed by atoms with Gasteiger partial charge < -0.3 is 10.1 Å². The summed E-state index contributed by atoms with van der Waals surface area (Å²) in [4.78, 5) is 0. The molecule has 5 heteroatoms. The Morgan fingerprint density at radius 1 is 1.24 bits per heavy atom. The number of hydrogen-bond donors (Lipinski definition) is 1. The number of rotatable bonds is 6. The third kappa shape index (κ3) is 6.88. The average Bonchev–Trinajstić information content (AvgIpc) is 2.28. The summed E-state index contributed by atoms with van der Waals surface area (Å²) < 4.78 is 39.9. The summed E-state index contributed by atoms with van der Waals surface area (Å²) in [5.74, 6) is 0.673. The first-order valence-electron chi connectivity index (χ1n) is 6.37. The van der Waals surface area contributed by atoms with Crippen molar-refractivity contribution in [1.29, 1.82) is 0 Å². The molecule has 0 aromatic heterocycles. The molecule has 0 radical (unpaired) electrons. The van der Waals surface area contributed by atoms with Crippen molar-refractivity contribution in [3.63, 3.8) is 0 Å². The lowest BCUT2D eigenvalue weighted by atomic mass is 9.84. The van der Waals surface area contributed by atoms with E-state index in [2.05, 4.69) is 17.0 Å². The van der Waals surface area contributed by atoms with Crippen LogP contribution in [0, 0.1) is 5.92 Å². The summed E-state index contributed by atoms with van der Waals surface area (Å²) in [6.45, 7) is 1.58. The summed E-state index contributed by atoms with van der Waals surface area (Å²) in [6, 6.07) is 0.379. The molecule has 0 amide bonds. The first kappa shape index (κ1) is 14.8. The summed E-state index contributed by atoms with van der Waals surface area (Å²) in [6.07, 6.45) is 2.13. The Balaban J connectivity index is 2.01. The molecule has 1 N–H and O–H groups in total. The predicted octanol–water partition coefficient (Wildman–Crippen LogP) is 3.12. The number of ether oxygens (including phenoxy) is 1. The molecule has 1 atom stereocenters. The molecule has 1 rings (SSSR count). The Morgan fingerprint density at radius 2 is 1.88 bits per heavy atom. The third-order valence-corrected chi connectivity index (χ3v) is 3.34. The van der Waals surface area contributed by atoms with Crippen molar-refractivity contribution in [2.24, 2.45) is 5.92 Å². The van der Waals surface area contributed by atoms with Gasteiger partial charge in [-0.15, -0.1) is 0 Å². The lowest BCUT2D eigenvalue weighted by Crippen LogP contribution is -2.37. The monoisotopic (exact) mass is 253 g/mol. The van der Waals surface area contributed by atoms with Gasteiger partial charge in [0.1, 0.15) is 6.61 Å². The van der Waals surface area contributed by atoms with E-state index in [0.29, 0.717) is 18.5 Å². The lowest BCUT2D eigenvalue weighted by Gasteiger charge is -2.28. The van der Waals surface area contributed by atoms with Crippen molar-refractivity contribution in [2.45, 2.75) is 51.2 Å². The largest absolute Gasteiger partial charge is 0.411 e. The van der Waals surface area contributed by atoms with Crippen LogP contribution in [0.5, 0.6) is 0 Å². The fraction of sp³-hybridized carbons (Fsp3) is 1.00. The maximum atomic E-state index is 11.8.